The molecule has 0 bridgehead atoms. The van der Waals surface area contributed by atoms with Crippen molar-refractivity contribution >= 4 is 5.71 Å². The van der Waals surface area contributed by atoms with Crippen LogP contribution in [0.15, 0.2) is 17.3 Å². The van der Waals surface area contributed by atoms with Crippen molar-refractivity contribution in [3.8, 4) is 0 Å². The van der Waals surface area contributed by atoms with Gasteiger partial charge in [0.25, 0.3) is 0 Å². The summed E-state index contributed by atoms with van der Waals surface area (Å²) in [5, 5.41) is 13.5. The van der Waals surface area contributed by atoms with Gasteiger partial charge in [-0.25, -0.2) is 0 Å². The zero-order chi connectivity index (χ0) is 23.3. The van der Waals surface area contributed by atoms with Crippen LogP contribution in [0, 0.1) is 56.7 Å². The van der Waals surface area contributed by atoms with Crippen molar-refractivity contribution < 1.29 is 5.21 Å². The van der Waals surface area contributed by atoms with E-state index in [9.17, 15) is 5.21 Å². The molecule has 0 aromatic carbocycles. The normalized spacial score (nSPS) is 55.5. The first-order valence-electron chi connectivity index (χ1n) is 13.7. The van der Waals surface area contributed by atoms with Crippen molar-refractivity contribution in [2.24, 2.45) is 61.8 Å². The first kappa shape index (κ1) is 23.0. The molecule has 0 radical (unpaired) electrons. The van der Waals surface area contributed by atoms with Crippen molar-refractivity contribution in [2.45, 2.75) is 113 Å². The van der Waals surface area contributed by atoms with E-state index >= 15 is 0 Å². The third kappa shape index (κ3) is 2.62. The van der Waals surface area contributed by atoms with Crippen molar-refractivity contribution in [1.29, 1.82) is 0 Å². The van der Waals surface area contributed by atoms with Crippen molar-refractivity contribution in [3.05, 3.63) is 12.2 Å². The molecular weight excluding hydrogens is 390 g/mol. The molecule has 5 aliphatic rings. The van der Waals surface area contributed by atoms with E-state index < -0.39 is 0 Å². The van der Waals surface area contributed by atoms with Gasteiger partial charge in [0.15, 0.2) is 0 Å². The quantitative estimate of drug-likeness (QED) is 0.248. The average Bonchev–Trinajstić information content (AvgIpc) is 3.06. The molecule has 2 nitrogen and oxygen atoms in total. The number of hydrogen-bond donors (Lipinski definition) is 1. The molecule has 0 spiro atoms. The van der Waals surface area contributed by atoms with E-state index in [2.05, 4.69) is 60.2 Å². The smallest absolute Gasteiger partial charge is 0.0630 e. The lowest BCUT2D eigenvalue weighted by atomic mass is 9.32. The summed E-state index contributed by atoms with van der Waals surface area (Å²) in [4.78, 5) is 0. The second kappa shape index (κ2) is 6.88. The largest absolute Gasteiger partial charge is 0.411 e. The Hall–Kier alpha value is -0.790. The highest BCUT2D eigenvalue weighted by Crippen LogP contribution is 2.77. The van der Waals surface area contributed by atoms with Crippen LogP contribution in [0.2, 0.25) is 0 Å². The summed E-state index contributed by atoms with van der Waals surface area (Å²) < 4.78 is 0. The summed E-state index contributed by atoms with van der Waals surface area (Å²) in [5.41, 5.74) is 4.29. The maximum atomic E-state index is 9.74. The summed E-state index contributed by atoms with van der Waals surface area (Å²) >= 11 is 0. The molecular formula is C30H49NO. The summed E-state index contributed by atoms with van der Waals surface area (Å²) in [6.45, 7) is 22.2. The highest BCUT2D eigenvalue weighted by atomic mass is 16.4. The molecule has 2 heteroatoms. The lowest BCUT2D eigenvalue weighted by molar-refractivity contribution is -0.226. The molecule has 0 heterocycles. The topological polar surface area (TPSA) is 32.6 Å². The minimum atomic E-state index is 0.0163. The van der Waals surface area contributed by atoms with E-state index in [0.717, 1.165) is 35.8 Å². The number of rotatable bonds is 1. The Morgan fingerprint density at radius 1 is 0.844 bits per heavy atom. The highest BCUT2D eigenvalue weighted by molar-refractivity contribution is 5.90. The predicted octanol–water partition coefficient (Wildman–Crippen LogP) is 8.49. The zero-order valence-electron chi connectivity index (χ0n) is 22.1. The maximum Gasteiger partial charge on any atom is 0.0630 e. The summed E-state index contributed by atoms with van der Waals surface area (Å²) in [7, 11) is 0. The molecule has 32 heavy (non-hydrogen) atoms. The van der Waals surface area contributed by atoms with Gasteiger partial charge in [0.1, 0.15) is 0 Å². The minimum absolute atomic E-state index is 0.0163. The molecule has 0 aromatic rings. The molecule has 5 saturated carbocycles. The van der Waals surface area contributed by atoms with Gasteiger partial charge in [-0.15, -0.1) is 0 Å². The van der Waals surface area contributed by atoms with Gasteiger partial charge >= 0.3 is 0 Å². The number of nitrogens with zero attached hydrogens (tertiary/aromatic N) is 1. The van der Waals surface area contributed by atoms with Gasteiger partial charge in [0, 0.05) is 5.41 Å². The summed E-state index contributed by atoms with van der Waals surface area (Å²) in [6.07, 6.45) is 13.3. The Morgan fingerprint density at radius 3 is 2.22 bits per heavy atom. The van der Waals surface area contributed by atoms with E-state index in [1.54, 1.807) is 0 Å². The summed E-state index contributed by atoms with van der Waals surface area (Å²) in [5.74, 6) is 3.88. The van der Waals surface area contributed by atoms with E-state index in [4.69, 9.17) is 0 Å². The molecule has 0 aliphatic heterocycles. The average molecular weight is 440 g/mol. The molecule has 9 atom stereocenters. The van der Waals surface area contributed by atoms with Gasteiger partial charge < -0.3 is 5.21 Å². The number of oxime groups is 1. The van der Waals surface area contributed by atoms with Crippen LogP contribution in [-0.4, -0.2) is 10.9 Å². The minimum Gasteiger partial charge on any atom is -0.411 e. The maximum absolute atomic E-state index is 9.74. The van der Waals surface area contributed by atoms with Crippen molar-refractivity contribution in [3.63, 3.8) is 0 Å². The predicted molar refractivity (Wildman–Crippen MR) is 134 cm³/mol. The highest BCUT2D eigenvalue weighted by Gasteiger charge is 2.70. The van der Waals surface area contributed by atoms with Gasteiger partial charge in [-0.1, -0.05) is 58.9 Å². The Kier molecular flexibility index (Phi) is 4.94. The van der Waals surface area contributed by atoms with Crippen LogP contribution in [0.3, 0.4) is 0 Å². The van der Waals surface area contributed by atoms with Gasteiger partial charge in [-0.2, -0.15) is 0 Å². The van der Waals surface area contributed by atoms with Gasteiger partial charge in [-0.3, -0.25) is 0 Å². The zero-order valence-corrected chi connectivity index (χ0v) is 22.1. The van der Waals surface area contributed by atoms with E-state index in [1.165, 1.54) is 63.4 Å². The molecule has 0 aromatic heterocycles. The van der Waals surface area contributed by atoms with E-state index in [-0.39, 0.29) is 5.41 Å². The fourth-order valence-electron chi connectivity index (χ4n) is 11.5. The number of hydrogen-bond acceptors (Lipinski definition) is 2. The Balaban J connectivity index is 1.54. The van der Waals surface area contributed by atoms with Crippen LogP contribution >= 0.6 is 0 Å². The van der Waals surface area contributed by atoms with Gasteiger partial charge in [0.05, 0.1) is 5.71 Å². The Morgan fingerprint density at radius 2 is 1.56 bits per heavy atom. The molecule has 4 unspecified atom stereocenters. The number of allylic oxidation sites excluding steroid dienone is 1. The molecule has 180 valence electrons. The van der Waals surface area contributed by atoms with Crippen LogP contribution in [-0.2, 0) is 0 Å². The molecule has 0 amide bonds. The molecule has 0 saturated heterocycles. The van der Waals surface area contributed by atoms with Gasteiger partial charge in [0.2, 0.25) is 0 Å². The lowest BCUT2D eigenvalue weighted by Gasteiger charge is -2.72. The lowest BCUT2D eigenvalue weighted by Crippen LogP contribution is -2.66. The molecule has 1 N–H and O–H groups in total. The van der Waals surface area contributed by atoms with Crippen LogP contribution < -0.4 is 0 Å². The SMILES string of the molecule is C=C(C)C1CC[C@]2(C)CC[C@]3(C)[C@H](CCC4[C@@]5(C)CC/C(=N\O)C(C)(C)C5CC[C@]43C)C12. The monoisotopic (exact) mass is 439 g/mol. The summed E-state index contributed by atoms with van der Waals surface area (Å²) in [6, 6.07) is 0. The second-order valence-corrected chi connectivity index (χ2v) is 14.6. The first-order chi connectivity index (χ1) is 14.8. The fraction of sp³-hybridized carbons (Fsp3) is 0.900. The van der Waals surface area contributed by atoms with Crippen LogP contribution in [0.25, 0.3) is 0 Å². The standard InChI is InChI=1S/C30H49NO/c1-19(2)20-11-14-27(5)17-18-29(7)21(25(20)27)9-10-23-28(6)15-13-24(31-32)26(3,4)22(28)12-16-30(23,29)8/h20-23,25,32H,1,9-18H2,2-8H3/b31-24+/t20?,21-,22?,23?,25?,27-,28+,29-,30-/m1/s1. The van der Waals surface area contributed by atoms with E-state index in [0.29, 0.717) is 27.6 Å². The Labute approximate surface area is 197 Å². The van der Waals surface area contributed by atoms with Crippen molar-refractivity contribution in [2.75, 3.05) is 0 Å². The number of fused-ring (bicyclic) bond motifs is 7. The second-order valence-electron chi connectivity index (χ2n) is 14.6. The third-order valence-electron chi connectivity index (χ3n) is 13.4. The Bertz CT molecular complexity index is 842. The van der Waals surface area contributed by atoms with Gasteiger partial charge in [-0.05, 0) is 122 Å². The van der Waals surface area contributed by atoms with Crippen molar-refractivity contribution in [1.82, 2.24) is 0 Å². The van der Waals surface area contributed by atoms with E-state index in [1.807, 2.05) is 0 Å². The first-order valence-corrected chi connectivity index (χ1v) is 13.7. The molecule has 5 aliphatic carbocycles. The van der Waals surface area contributed by atoms with Crippen LogP contribution in [0.5, 0.6) is 0 Å². The third-order valence-corrected chi connectivity index (χ3v) is 13.4. The molecule has 5 fully saturated rings. The molecule has 5 rings (SSSR count). The van der Waals surface area contributed by atoms with Crippen LogP contribution in [0.4, 0.5) is 0 Å². The van der Waals surface area contributed by atoms with Crippen LogP contribution in [0.1, 0.15) is 113 Å². The fourth-order valence-corrected chi connectivity index (χ4v) is 11.5.